The van der Waals surface area contributed by atoms with E-state index in [9.17, 15) is 14.4 Å². The molecular formula is C26H32ClN3O4. The summed E-state index contributed by atoms with van der Waals surface area (Å²) in [5.41, 5.74) is 1.04. The van der Waals surface area contributed by atoms with Crippen LogP contribution in [0.25, 0.3) is 0 Å². The van der Waals surface area contributed by atoms with Crippen LogP contribution in [-0.4, -0.2) is 54.9 Å². The Morgan fingerprint density at radius 2 is 1.59 bits per heavy atom. The van der Waals surface area contributed by atoms with Crippen molar-refractivity contribution in [3.63, 3.8) is 0 Å². The van der Waals surface area contributed by atoms with Gasteiger partial charge < -0.3 is 20.3 Å². The van der Waals surface area contributed by atoms with E-state index in [1.165, 1.54) is 0 Å². The van der Waals surface area contributed by atoms with Crippen LogP contribution in [0.15, 0.2) is 48.5 Å². The summed E-state index contributed by atoms with van der Waals surface area (Å²) in [4.78, 5) is 40.7. The number of carbonyl (C=O) groups is 3. The number of likely N-dealkylation sites (tertiary alicyclic amines) is 1. The number of amides is 3. The van der Waals surface area contributed by atoms with E-state index in [4.69, 9.17) is 16.3 Å². The van der Waals surface area contributed by atoms with Gasteiger partial charge in [0.1, 0.15) is 11.8 Å². The van der Waals surface area contributed by atoms with E-state index in [0.717, 1.165) is 6.42 Å². The highest BCUT2D eigenvalue weighted by atomic mass is 35.5. The lowest BCUT2D eigenvalue weighted by molar-refractivity contribution is -0.125. The number of carbonyl (C=O) groups excluding carboxylic acids is 3. The van der Waals surface area contributed by atoms with E-state index >= 15 is 0 Å². The molecule has 0 unspecified atom stereocenters. The first-order chi connectivity index (χ1) is 16.3. The number of piperidine rings is 1. The Labute approximate surface area is 205 Å². The van der Waals surface area contributed by atoms with Crippen molar-refractivity contribution in [2.75, 3.05) is 20.2 Å². The van der Waals surface area contributed by atoms with Crippen LogP contribution in [0.2, 0.25) is 5.02 Å². The van der Waals surface area contributed by atoms with Gasteiger partial charge >= 0.3 is 0 Å². The molecule has 2 aromatic rings. The van der Waals surface area contributed by atoms with Gasteiger partial charge in [0, 0.05) is 35.3 Å². The lowest BCUT2D eigenvalue weighted by Crippen LogP contribution is -2.55. The lowest BCUT2D eigenvalue weighted by Gasteiger charge is -2.36. The van der Waals surface area contributed by atoms with Gasteiger partial charge in [0.25, 0.3) is 11.8 Å². The fourth-order valence-corrected chi connectivity index (χ4v) is 4.14. The molecule has 0 aromatic heterocycles. The molecule has 1 fully saturated rings. The normalized spacial score (nSPS) is 15.8. The predicted octanol–water partition coefficient (Wildman–Crippen LogP) is 3.91. The Morgan fingerprint density at radius 3 is 2.15 bits per heavy atom. The summed E-state index contributed by atoms with van der Waals surface area (Å²) in [6.45, 7) is 4.96. The highest BCUT2D eigenvalue weighted by Gasteiger charge is 2.34. The Bertz CT molecular complexity index is 986. The summed E-state index contributed by atoms with van der Waals surface area (Å²) in [6.07, 6.45) is 2.01. The zero-order valence-electron chi connectivity index (χ0n) is 19.8. The van der Waals surface area contributed by atoms with Crippen molar-refractivity contribution >= 4 is 29.3 Å². The summed E-state index contributed by atoms with van der Waals surface area (Å²) in [6, 6.07) is 12.9. The number of hydrogen-bond donors (Lipinski definition) is 2. The zero-order valence-corrected chi connectivity index (χ0v) is 20.6. The van der Waals surface area contributed by atoms with Gasteiger partial charge in [0.15, 0.2) is 0 Å². The molecule has 1 aliphatic rings. The largest absolute Gasteiger partial charge is 0.497 e. The molecular weight excluding hydrogens is 454 g/mol. The number of methoxy groups -OCH3 is 1. The maximum Gasteiger partial charge on any atom is 0.253 e. The predicted molar refractivity (Wildman–Crippen MR) is 132 cm³/mol. The van der Waals surface area contributed by atoms with Gasteiger partial charge in [0.05, 0.1) is 7.11 Å². The average molecular weight is 486 g/mol. The Morgan fingerprint density at radius 1 is 1.00 bits per heavy atom. The molecule has 0 aliphatic carbocycles. The average Bonchev–Trinajstić information content (AvgIpc) is 2.87. The van der Waals surface area contributed by atoms with Gasteiger partial charge in [-0.05, 0) is 80.6 Å². The van der Waals surface area contributed by atoms with Crippen molar-refractivity contribution in [1.82, 2.24) is 15.5 Å². The van der Waals surface area contributed by atoms with Crippen LogP contribution in [0.1, 0.15) is 53.8 Å². The van der Waals surface area contributed by atoms with Crippen LogP contribution >= 0.6 is 11.6 Å². The van der Waals surface area contributed by atoms with Crippen LogP contribution < -0.4 is 15.4 Å². The second-order valence-electron chi connectivity index (χ2n) is 8.63. The first-order valence-corrected chi connectivity index (χ1v) is 12.0. The van der Waals surface area contributed by atoms with Gasteiger partial charge in [-0.1, -0.05) is 18.5 Å². The van der Waals surface area contributed by atoms with Crippen LogP contribution in [0.3, 0.4) is 0 Å². The minimum atomic E-state index is -0.684. The molecule has 7 nitrogen and oxygen atoms in total. The van der Waals surface area contributed by atoms with Crippen LogP contribution in [-0.2, 0) is 4.79 Å². The summed E-state index contributed by atoms with van der Waals surface area (Å²) < 4.78 is 5.15. The van der Waals surface area contributed by atoms with E-state index in [1.807, 2.05) is 13.8 Å². The van der Waals surface area contributed by atoms with Crippen LogP contribution in [0, 0.1) is 5.92 Å². The Balaban J connectivity index is 1.69. The fourth-order valence-electron chi connectivity index (χ4n) is 4.01. The highest BCUT2D eigenvalue weighted by Crippen LogP contribution is 2.24. The molecule has 182 valence electrons. The second-order valence-corrected chi connectivity index (χ2v) is 9.07. The molecule has 1 saturated heterocycles. The van der Waals surface area contributed by atoms with Crippen LogP contribution in [0.4, 0.5) is 0 Å². The number of hydrogen-bond acceptors (Lipinski definition) is 4. The number of halogens is 1. The molecule has 2 atom stereocenters. The van der Waals surface area contributed by atoms with Crippen molar-refractivity contribution in [3.8, 4) is 5.75 Å². The van der Waals surface area contributed by atoms with Gasteiger partial charge in [-0.25, -0.2) is 0 Å². The van der Waals surface area contributed by atoms with Crippen molar-refractivity contribution in [3.05, 3.63) is 64.7 Å². The number of nitrogens with zero attached hydrogens (tertiary/aromatic N) is 1. The molecule has 34 heavy (non-hydrogen) atoms. The third kappa shape index (κ3) is 6.50. The molecule has 0 saturated carbocycles. The second kappa shape index (κ2) is 11.9. The third-order valence-corrected chi connectivity index (χ3v) is 6.56. The SMILES string of the molecule is CC[C@@H](C)NC(=O)[C@H](NC(=O)c1ccc(OC)cc1)C1CCN(C(=O)c2ccc(Cl)cc2)CC1. The highest BCUT2D eigenvalue weighted by molar-refractivity contribution is 6.30. The maximum absolute atomic E-state index is 13.1. The number of benzene rings is 2. The van der Waals surface area contributed by atoms with Gasteiger partial charge in [-0.3, -0.25) is 14.4 Å². The molecule has 0 radical (unpaired) electrons. The summed E-state index contributed by atoms with van der Waals surface area (Å²) in [5, 5.41) is 6.52. The maximum atomic E-state index is 13.1. The van der Waals surface area contributed by atoms with Crippen molar-refractivity contribution in [2.24, 2.45) is 5.92 Å². The molecule has 2 N–H and O–H groups in total. The van der Waals surface area contributed by atoms with Crippen LogP contribution in [0.5, 0.6) is 5.75 Å². The lowest BCUT2D eigenvalue weighted by atomic mass is 9.88. The molecule has 1 aliphatic heterocycles. The van der Waals surface area contributed by atoms with Crippen molar-refractivity contribution in [2.45, 2.75) is 45.2 Å². The monoisotopic (exact) mass is 485 g/mol. The number of nitrogens with one attached hydrogen (secondary N) is 2. The fraction of sp³-hybridized carbons (Fsp3) is 0.423. The van der Waals surface area contributed by atoms with E-state index < -0.39 is 6.04 Å². The standard InChI is InChI=1S/C26H32ClN3O4/c1-4-17(2)28-25(32)23(29-24(31)19-7-11-22(34-3)12-8-19)18-13-15-30(16-14-18)26(33)20-5-9-21(27)10-6-20/h5-12,17-18,23H,4,13-16H2,1-3H3,(H,28,32)(H,29,31)/t17-,23-/m1/s1. The molecule has 0 bridgehead atoms. The van der Waals surface area contributed by atoms with E-state index in [0.29, 0.717) is 47.8 Å². The quantitative estimate of drug-likeness (QED) is 0.593. The third-order valence-electron chi connectivity index (χ3n) is 6.31. The van der Waals surface area contributed by atoms with Gasteiger partial charge in [-0.2, -0.15) is 0 Å². The summed E-state index contributed by atoms with van der Waals surface area (Å²) in [7, 11) is 1.56. The first kappa shape index (κ1) is 25.6. The van der Waals surface area contributed by atoms with Gasteiger partial charge in [0.2, 0.25) is 5.91 Å². The topological polar surface area (TPSA) is 87.7 Å². The summed E-state index contributed by atoms with van der Waals surface area (Å²) in [5.74, 6) is 0.00386. The van der Waals surface area contributed by atoms with Crippen molar-refractivity contribution in [1.29, 1.82) is 0 Å². The molecule has 3 amide bonds. The number of rotatable bonds is 8. The van der Waals surface area contributed by atoms with Gasteiger partial charge in [-0.15, -0.1) is 0 Å². The van der Waals surface area contributed by atoms with E-state index in [-0.39, 0.29) is 29.7 Å². The van der Waals surface area contributed by atoms with E-state index in [1.54, 1.807) is 60.5 Å². The minimum Gasteiger partial charge on any atom is -0.497 e. The molecule has 2 aromatic carbocycles. The molecule has 0 spiro atoms. The van der Waals surface area contributed by atoms with E-state index in [2.05, 4.69) is 10.6 Å². The number of ether oxygens (including phenoxy) is 1. The first-order valence-electron chi connectivity index (χ1n) is 11.6. The molecule has 3 rings (SSSR count). The zero-order chi connectivity index (χ0) is 24.7. The minimum absolute atomic E-state index is 0.000500. The Kier molecular flexibility index (Phi) is 8.93. The Hall–Kier alpha value is -3.06. The smallest absolute Gasteiger partial charge is 0.253 e. The molecule has 8 heteroatoms. The van der Waals surface area contributed by atoms with Crippen molar-refractivity contribution < 1.29 is 19.1 Å². The summed E-state index contributed by atoms with van der Waals surface area (Å²) >= 11 is 5.93. The molecule has 1 heterocycles.